The van der Waals surface area contributed by atoms with E-state index in [-0.39, 0.29) is 12.5 Å². The van der Waals surface area contributed by atoms with E-state index in [1.54, 1.807) is 0 Å². The number of hydrogen-bond donors (Lipinski definition) is 1. The molecule has 0 bridgehead atoms. The third-order valence-electron chi connectivity index (χ3n) is 6.10. The van der Waals surface area contributed by atoms with E-state index >= 15 is 0 Å². The molecule has 0 aliphatic carbocycles. The van der Waals surface area contributed by atoms with E-state index in [0.29, 0.717) is 19.4 Å². The van der Waals surface area contributed by atoms with Crippen molar-refractivity contribution in [1.29, 1.82) is 0 Å². The summed E-state index contributed by atoms with van der Waals surface area (Å²) in [6, 6.07) is 10.8. The smallest absolute Gasteiger partial charge is 0.294 e. The number of rotatable bonds is 22. The largest absolute Gasteiger partial charge is 0.356 e. The summed E-state index contributed by atoms with van der Waals surface area (Å²) in [5.41, 5.74) is 1.45. The van der Waals surface area contributed by atoms with Gasteiger partial charge in [-0.25, -0.2) is 0 Å². The van der Waals surface area contributed by atoms with Crippen LogP contribution in [-0.4, -0.2) is 24.1 Å². The van der Waals surface area contributed by atoms with Crippen LogP contribution >= 0.6 is 0 Å². The molecule has 206 valence electrons. The van der Waals surface area contributed by atoms with Crippen LogP contribution < -0.4 is 5.32 Å². The Morgan fingerprint density at radius 1 is 0.917 bits per heavy atom. The van der Waals surface area contributed by atoms with Crippen LogP contribution in [0.15, 0.2) is 42.5 Å². The lowest BCUT2D eigenvalue weighted by Crippen LogP contribution is -2.23. The summed E-state index contributed by atoms with van der Waals surface area (Å²) in [6.07, 6.45) is 20.5. The summed E-state index contributed by atoms with van der Waals surface area (Å²) in [5, 5.41) is 12.2. The van der Waals surface area contributed by atoms with Gasteiger partial charge in [0.15, 0.2) is 0 Å². The minimum atomic E-state index is -0.757. The molecule has 0 saturated heterocycles. The molecule has 1 aromatic rings. The zero-order valence-corrected chi connectivity index (χ0v) is 23.2. The highest BCUT2D eigenvalue weighted by atomic mass is 16.9. The Balaban J connectivity index is 0.00000596. The Morgan fingerprint density at radius 2 is 1.56 bits per heavy atom. The van der Waals surface area contributed by atoms with E-state index in [0.717, 1.165) is 44.4 Å². The fourth-order valence-corrected chi connectivity index (χ4v) is 4.02. The zero-order valence-electron chi connectivity index (χ0n) is 23.2. The standard InChI is InChI=1S/C28H46N2O4.C2H6/c1-26(19-11-8-12-20-27-21-13-9-14-22-27)18-10-4-2-3-5-15-23-28(31)29-24-16-6-7-17-25-34-30(32)33;1-2/h2-3,9,13-14,21-22,26H,4-8,10-12,15-20,23-25H2,1H3,(H,29,31);1-2H3. The summed E-state index contributed by atoms with van der Waals surface area (Å²) < 4.78 is 0. The maximum Gasteiger partial charge on any atom is 0.294 e. The SMILES string of the molecule is CC.CC(CCCC=CCCCC(=O)NCCCCCCO[N+](=O)[O-])CCCCCc1ccccc1. The molecule has 36 heavy (non-hydrogen) atoms. The first-order valence-corrected chi connectivity index (χ1v) is 14.3. The number of unbranched alkanes of at least 4 members (excludes halogenated alkanes) is 7. The number of amides is 1. The van der Waals surface area contributed by atoms with Crippen LogP contribution in [-0.2, 0) is 16.1 Å². The molecule has 0 aliphatic heterocycles. The van der Waals surface area contributed by atoms with E-state index in [1.807, 2.05) is 13.8 Å². The molecule has 1 atom stereocenters. The van der Waals surface area contributed by atoms with Crippen molar-refractivity contribution in [3.05, 3.63) is 58.2 Å². The van der Waals surface area contributed by atoms with Gasteiger partial charge in [0.25, 0.3) is 5.09 Å². The van der Waals surface area contributed by atoms with Gasteiger partial charge in [0.2, 0.25) is 5.91 Å². The second kappa shape index (κ2) is 25.7. The summed E-state index contributed by atoms with van der Waals surface area (Å²) in [5.74, 6) is 0.922. The lowest BCUT2D eigenvalue weighted by atomic mass is 9.96. The van der Waals surface area contributed by atoms with Crippen molar-refractivity contribution in [3.63, 3.8) is 0 Å². The van der Waals surface area contributed by atoms with Crippen LogP contribution in [0.4, 0.5) is 0 Å². The van der Waals surface area contributed by atoms with Crippen molar-refractivity contribution in [3.8, 4) is 0 Å². The Hall–Kier alpha value is -2.37. The quantitative estimate of drug-likeness (QED) is 0.0746. The second-order valence-electron chi connectivity index (χ2n) is 9.31. The molecule has 0 heterocycles. The van der Waals surface area contributed by atoms with Crippen molar-refractivity contribution in [2.24, 2.45) is 5.92 Å². The maximum atomic E-state index is 11.8. The molecular formula is C30H52N2O4. The molecule has 0 fully saturated rings. The van der Waals surface area contributed by atoms with Crippen LogP contribution in [0.1, 0.15) is 116 Å². The average molecular weight is 505 g/mol. The Bertz CT molecular complexity index is 664. The number of nitrogens with one attached hydrogen (secondary N) is 1. The van der Waals surface area contributed by atoms with Crippen molar-refractivity contribution in [1.82, 2.24) is 5.32 Å². The molecule has 0 spiro atoms. The molecule has 0 saturated carbocycles. The van der Waals surface area contributed by atoms with E-state index in [9.17, 15) is 14.9 Å². The number of aryl methyl sites for hydroxylation is 1. The molecule has 0 aromatic heterocycles. The van der Waals surface area contributed by atoms with Gasteiger partial charge in [0, 0.05) is 13.0 Å². The normalized spacial score (nSPS) is 11.5. The molecule has 1 N–H and O–H groups in total. The molecule has 1 amide bonds. The Kier molecular flexibility index (Phi) is 24.0. The first-order valence-electron chi connectivity index (χ1n) is 14.3. The summed E-state index contributed by atoms with van der Waals surface area (Å²) >= 11 is 0. The van der Waals surface area contributed by atoms with Gasteiger partial charge in [-0.1, -0.05) is 102 Å². The van der Waals surface area contributed by atoms with Gasteiger partial charge in [-0.2, -0.15) is 0 Å². The molecule has 1 rings (SSSR count). The molecular weight excluding hydrogens is 452 g/mol. The predicted octanol–water partition coefficient (Wildman–Crippen LogP) is 8.23. The topological polar surface area (TPSA) is 81.5 Å². The predicted molar refractivity (Wildman–Crippen MR) is 150 cm³/mol. The summed E-state index contributed by atoms with van der Waals surface area (Å²) in [7, 11) is 0. The van der Waals surface area contributed by atoms with Crippen LogP contribution in [0.5, 0.6) is 0 Å². The fourth-order valence-electron chi connectivity index (χ4n) is 4.02. The fraction of sp³-hybridized carbons (Fsp3) is 0.700. The molecule has 0 radical (unpaired) electrons. The first kappa shape index (κ1) is 33.6. The number of nitrogens with zero attached hydrogens (tertiary/aromatic N) is 1. The zero-order chi connectivity index (χ0) is 26.7. The van der Waals surface area contributed by atoms with Crippen LogP contribution in [0.2, 0.25) is 0 Å². The van der Waals surface area contributed by atoms with Crippen molar-refractivity contribution >= 4 is 5.91 Å². The van der Waals surface area contributed by atoms with Crippen LogP contribution in [0.25, 0.3) is 0 Å². The highest BCUT2D eigenvalue weighted by Crippen LogP contribution is 2.17. The van der Waals surface area contributed by atoms with E-state index in [4.69, 9.17) is 0 Å². The lowest BCUT2D eigenvalue weighted by Gasteiger charge is -2.10. The third-order valence-corrected chi connectivity index (χ3v) is 6.10. The number of carbonyl (C=O) groups excluding carboxylic acids is 1. The first-order chi connectivity index (χ1) is 17.6. The highest BCUT2D eigenvalue weighted by molar-refractivity contribution is 5.75. The maximum absolute atomic E-state index is 11.8. The Morgan fingerprint density at radius 3 is 2.28 bits per heavy atom. The van der Waals surface area contributed by atoms with E-state index < -0.39 is 5.09 Å². The van der Waals surface area contributed by atoms with Crippen LogP contribution in [0, 0.1) is 16.0 Å². The highest BCUT2D eigenvalue weighted by Gasteiger charge is 2.02. The third kappa shape index (κ3) is 23.4. The number of hydrogen-bond acceptors (Lipinski definition) is 4. The molecule has 1 unspecified atom stereocenters. The number of allylic oxidation sites excluding steroid dienone is 2. The minimum Gasteiger partial charge on any atom is -0.356 e. The van der Waals surface area contributed by atoms with Gasteiger partial charge in [0.05, 0.1) is 6.61 Å². The minimum absolute atomic E-state index is 0.114. The van der Waals surface area contributed by atoms with E-state index in [1.165, 1.54) is 50.5 Å². The van der Waals surface area contributed by atoms with Gasteiger partial charge in [-0.15, -0.1) is 10.1 Å². The summed E-state index contributed by atoms with van der Waals surface area (Å²) in [6.45, 7) is 7.21. The Labute approximate surface area is 220 Å². The summed E-state index contributed by atoms with van der Waals surface area (Å²) in [4.78, 5) is 26.1. The van der Waals surface area contributed by atoms with Crippen molar-refractivity contribution < 1.29 is 14.7 Å². The number of benzene rings is 1. The number of carbonyl (C=O) groups is 1. The molecule has 0 aliphatic rings. The molecule has 1 aromatic carbocycles. The molecule has 6 nitrogen and oxygen atoms in total. The monoisotopic (exact) mass is 504 g/mol. The lowest BCUT2D eigenvalue weighted by molar-refractivity contribution is -0.757. The van der Waals surface area contributed by atoms with Crippen LogP contribution in [0.3, 0.4) is 0 Å². The van der Waals surface area contributed by atoms with Gasteiger partial charge in [-0.3, -0.25) is 4.79 Å². The van der Waals surface area contributed by atoms with Gasteiger partial charge in [0.1, 0.15) is 0 Å². The van der Waals surface area contributed by atoms with Gasteiger partial charge in [-0.05, 0) is 62.8 Å². The van der Waals surface area contributed by atoms with Crippen molar-refractivity contribution in [2.45, 2.75) is 117 Å². The molecule has 6 heteroatoms. The van der Waals surface area contributed by atoms with Gasteiger partial charge < -0.3 is 10.2 Å². The van der Waals surface area contributed by atoms with Crippen molar-refractivity contribution in [2.75, 3.05) is 13.2 Å². The average Bonchev–Trinajstić information content (AvgIpc) is 2.88. The second-order valence-corrected chi connectivity index (χ2v) is 9.31. The van der Waals surface area contributed by atoms with Gasteiger partial charge >= 0.3 is 0 Å². The van der Waals surface area contributed by atoms with E-state index in [2.05, 4.69) is 59.6 Å².